The van der Waals surface area contributed by atoms with Gasteiger partial charge < -0.3 is 9.64 Å². The van der Waals surface area contributed by atoms with Crippen LogP contribution in [-0.4, -0.2) is 50.3 Å². The number of ether oxygens (including phenoxy) is 1. The number of para-hydroxylation sites is 1. The molecule has 1 amide bonds. The van der Waals surface area contributed by atoms with Crippen LogP contribution >= 0.6 is 0 Å². The quantitative estimate of drug-likeness (QED) is 0.532. The average molecular weight is 465 g/mol. The average Bonchev–Trinajstić information content (AvgIpc) is 2.84. The third-order valence-corrected chi connectivity index (χ3v) is 7.78. The molecule has 0 fully saturated rings. The van der Waals surface area contributed by atoms with Crippen LogP contribution in [0.1, 0.15) is 27.0 Å². The molecule has 0 spiro atoms. The van der Waals surface area contributed by atoms with Crippen LogP contribution < -0.4 is 4.74 Å². The zero-order valence-electron chi connectivity index (χ0n) is 18.9. The zero-order chi connectivity index (χ0) is 23.4. The predicted molar refractivity (Wildman–Crippen MR) is 128 cm³/mol. The van der Waals surface area contributed by atoms with Crippen LogP contribution in [0.15, 0.2) is 77.7 Å². The Labute approximate surface area is 195 Å². The minimum atomic E-state index is -3.71. The molecule has 6 nitrogen and oxygen atoms in total. The van der Waals surface area contributed by atoms with Gasteiger partial charge in [0.25, 0.3) is 5.91 Å². The molecule has 0 unspecified atom stereocenters. The Morgan fingerprint density at radius 1 is 1.00 bits per heavy atom. The Morgan fingerprint density at radius 2 is 1.73 bits per heavy atom. The van der Waals surface area contributed by atoms with Gasteiger partial charge in [0.2, 0.25) is 10.0 Å². The van der Waals surface area contributed by atoms with Gasteiger partial charge in [-0.1, -0.05) is 48.5 Å². The van der Waals surface area contributed by atoms with Crippen molar-refractivity contribution >= 4 is 15.9 Å². The molecule has 3 aromatic carbocycles. The lowest BCUT2D eigenvalue weighted by Gasteiger charge is -2.28. The molecule has 0 aromatic heterocycles. The first-order valence-electron chi connectivity index (χ1n) is 11.0. The zero-order valence-corrected chi connectivity index (χ0v) is 19.7. The van der Waals surface area contributed by atoms with Crippen molar-refractivity contribution in [3.8, 4) is 5.75 Å². The number of carbonyl (C=O) groups excluding carboxylic acids is 1. The van der Waals surface area contributed by atoms with Gasteiger partial charge in [-0.3, -0.25) is 4.79 Å². The maximum absolute atomic E-state index is 13.3. The number of sulfonamides is 1. The molecule has 0 atom stereocenters. The number of aryl methyl sites for hydroxylation is 1. The second kappa shape index (κ2) is 9.77. The van der Waals surface area contributed by atoms with E-state index in [1.54, 1.807) is 30.1 Å². The van der Waals surface area contributed by atoms with E-state index < -0.39 is 10.0 Å². The van der Waals surface area contributed by atoms with Crippen molar-refractivity contribution in [1.82, 2.24) is 9.21 Å². The molecule has 0 bridgehead atoms. The Kier molecular flexibility index (Phi) is 6.81. The van der Waals surface area contributed by atoms with Crippen molar-refractivity contribution in [2.75, 3.05) is 26.7 Å². The number of hydrogen-bond donors (Lipinski definition) is 0. The van der Waals surface area contributed by atoms with E-state index >= 15 is 0 Å². The highest BCUT2D eigenvalue weighted by Crippen LogP contribution is 2.25. The molecule has 1 aliphatic heterocycles. The molecule has 0 radical (unpaired) electrons. The van der Waals surface area contributed by atoms with E-state index in [0.717, 1.165) is 16.9 Å². The number of nitrogens with zero attached hydrogens (tertiary/aromatic N) is 2. The fourth-order valence-electron chi connectivity index (χ4n) is 3.95. The van der Waals surface area contributed by atoms with Gasteiger partial charge in [0.1, 0.15) is 12.4 Å². The molecule has 0 N–H and O–H groups in total. The topological polar surface area (TPSA) is 66.9 Å². The van der Waals surface area contributed by atoms with Crippen LogP contribution in [0.25, 0.3) is 0 Å². The molecule has 172 valence electrons. The monoisotopic (exact) mass is 464 g/mol. The molecule has 3 aromatic rings. The van der Waals surface area contributed by atoms with Crippen molar-refractivity contribution in [3.63, 3.8) is 0 Å². The second-order valence-corrected chi connectivity index (χ2v) is 10.2. The van der Waals surface area contributed by atoms with Gasteiger partial charge in [0.15, 0.2) is 0 Å². The molecule has 0 saturated heterocycles. The highest BCUT2D eigenvalue weighted by Gasteiger charge is 2.29. The van der Waals surface area contributed by atoms with Gasteiger partial charge in [-0.2, -0.15) is 4.31 Å². The molecule has 7 heteroatoms. The molecule has 0 saturated carbocycles. The molecule has 1 aliphatic rings. The summed E-state index contributed by atoms with van der Waals surface area (Å²) in [6.45, 7) is 3.46. The Bertz CT molecular complexity index is 1260. The van der Waals surface area contributed by atoms with Crippen molar-refractivity contribution in [1.29, 1.82) is 0 Å². The normalized spacial score (nSPS) is 13.9. The molecular formula is C26H28N2O4S. The smallest absolute Gasteiger partial charge is 0.253 e. The SMILES string of the molecule is Cc1ccccc1OCCN(C)C(=O)c1cccc(S(=O)(=O)N2CCc3ccccc3C2)c1. The van der Waals surface area contributed by atoms with E-state index in [9.17, 15) is 13.2 Å². The van der Waals surface area contributed by atoms with Crippen molar-refractivity contribution in [2.45, 2.75) is 24.8 Å². The molecule has 1 heterocycles. The molecule has 4 rings (SSSR count). The summed E-state index contributed by atoms with van der Waals surface area (Å²) in [4.78, 5) is 14.6. The van der Waals surface area contributed by atoms with E-state index in [4.69, 9.17) is 4.74 Å². The molecule has 33 heavy (non-hydrogen) atoms. The van der Waals surface area contributed by atoms with Crippen LogP contribution in [0, 0.1) is 6.92 Å². The van der Waals surface area contributed by atoms with Crippen molar-refractivity contribution < 1.29 is 17.9 Å². The third kappa shape index (κ3) is 5.10. The van der Waals surface area contributed by atoms with Crippen LogP contribution in [0.5, 0.6) is 5.75 Å². The summed E-state index contributed by atoms with van der Waals surface area (Å²) in [7, 11) is -2.02. The summed E-state index contributed by atoms with van der Waals surface area (Å²) in [6.07, 6.45) is 0.678. The Balaban J connectivity index is 1.43. The van der Waals surface area contributed by atoms with E-state index in [-0.39, 0.29) is 10.8 Å². The maximum atomic E-state index is 13.3. The van der Waals surface area contributed by atoms with Crippen molar-refractivity contribution in [3.05, 3.63) is 95.1 Å². The van der Waals surface area contributed by atoms with Gasteiger partial charge in [-0.15, -0.1) is 0 Å². The first-order chi connectivity index (χ1) is 15.9. The fraction of sp³-hybridized carbons (Fsp3) is 0.269. The van der Waals surface area contributed by atoms with E-state index in [2.05, 4.69) is 0 Å². The summed E-state index contributed by atoms with van der Waals surface area (Å²) in [5.41, 5.74) is 3.58. The number of amides is 1. The summed E-state index contributed by atoms with van der Waals surface area (Å²) in [5, 5.41) is 0. The highest BCUT2D eigenvalue weighted by atomic mass is 32.2. The van der Waals surface area contributed by atoms with Crippen LogP contribution in [0.3, 0.4) is 0 Å². The summed E-state index contributed by atoms with van der Waals surface area (Å²) in [6, 6.07) is 21.9. The standard InChI is InChI=1S/C26H28N2O4S/c1-20-8-3-6-13-25(20)32-17-16-27(2)26(29)22-11-7-12-24(18-22)33(30,31)28-15-14-21-9-4-5-10-23(21)19-28/h3-13,18H,14-17,19H2,1-2H3. The van der Waals surface area contributed by atoms with E-state index in [1.807, 2.05) is 55.5 Å². The Hall–Kier alpha value is -3.16. The maximum Gasteiger partial charge on any atom is 0.253 e. The number of fused-ring (bicyclic) bond motifs is 1. The predicted octanol–water partition coefficient (Wildman–Crippen LogP) is 3.89. The Morgan fingerprint density at radius 3 is 2.52 bits per heavy atom. The second-order valence-electron chi connectivity index (χ2n) is 8.23. The number of hydrogen-bond acceptors (Lipinski definition) is 4. The lowest BCUT2D eigenvalue weighted by molar-refractivity contribution is 0.0773. The minimum Gasteiger partial charge on any atom is -0.491 e. The van der Waals surface area contributed by atoms with Gasteiger partial charge >= 0.3 is 0 Å². The van der Waals surface area contributed by atoms with Gasteiger partial charge in [0.05, 0.1) is 11.4 Å². The largest absolute Gasteiger partial charge is 0.491 e. The molecular weight excluding hydrogens is 436 g/mol. The van der Waals surface area contributed by atoms with Crippen LogP contribution in [-0.2, 0) is 23.0 Å². The van der Waals surface area contributed by atoms with Gasteiger partial charge in [0, 0.05) is 25.7 Å². The first-order valence-corrected chi connectivity index (χ1v) is 12.4. The highest BCUT2D eigenvalue weighted by molar-refractivity contribution is 7.89. The third-order valence-electron chi connectivity index (χ3n) is 5.94. The molecule has 0 aliphatic carbocycles. The number of benzene rings is 3. The number of carbonyl (C=O) groups is 1. The summed E-state index contributed by atoms with van der Waals surface area (Å²) < 4.78 is 33.8. The van der Waals surface area contributed by atoms with E-state index in [1.165, 1.54) is 15.9 Å². The fourth-order valence-corrected chi connectivity index (χ4v) is 5.41. The first kappa shape index (κ1) is 23.0. The van der Waals surface area contributed by atoms with Gasteiger partial charge in [-0.25, -0.2) is 8.42 Å². The van der Waals surface area contributed by atoms with Gasteiger partial charge in [-0.05, 0) is 54.3 Å². The van der Waals surface area contributed by atoms with Crippen LogP contribution in [0.2, 0.25) is 0 Å². The summed E-state index contributed by atoms with van der Waals surface area (Å²) in [5.74, 6) is 0.541. The summed E-state index contributed by atoms with van der Waals surface area (Å²) >= 11 is 0. The van der Waals surface area contributed by atoms with Crippen molar-refractivity contribution in [2.24, 2.45) is 0 Å². The number of likely N-dealkylation sites (N-methyl/N-ethyl adjacent to an activating group) is 1. The minimum absolute atomic E-state index is 0.136. The lowest BCUT2D eigenvalue weighted by Crippen LogP contribution is -2.36. The lowest BCUT2D eigenvalue weighted by atomic mass is 10.0. The number of rotatable bonds is 7. The van der Waals surface area contributed by atoms with Crippen LogP contribution in [0.4, 0.5) is 0 Å². The van der Waals surface area contributed by atoms with E-state index in [0.29, 0.717) is 38.2 Å².